The summed E-state index contributed by atoms with van der Waals surface area (Å²) in [6, 6.07) is 13.8. The van der Waals surface area contributed by atoms with E-state index < -0.39 is 0 Å². The van der Waals surface area contributed by atoms with Crippen LogP contribution in [0.2, 0.25) is 0 Å². The first-order chi connectivity index (χ1) is 12.0. The number of hydrogen-bond donors (Lipinski definition) is 0. The zero-order valence-corrected chi connectivity index (χ0v) is 15.1. The Hall–Kier alpha value is -2.82. The second-order valence-electron chi connectivity index (χ2n) is 6.28. The van der Waals surface area contributed by atoms with E-state index in [1.54, 1.807) is 12.0 Å². The highest BCUT2D eigenvalue weighted by atomic mass is 16.5. The maximum atomic E-state index is 12.9. The van der Waals surface area contributed by atoms with Gasteiger partial charge in [-0.05, 0) is 50.1 Å². The molecule has 1 amide bonds. The number of nitrogens with zero attached hydrogens (tertiary/aromatic N) is 3. The number of carbonyl (C=O) groups is 1. The van der Waals surface area contributed by atoms with Crippen LogP contribution < -0.4 is 4.74 Å². The van der Waals surface area contributed by atoms with Crippen LogP contribution in [-0.2, 0) is 6.42 Å². The molecule has 0 spiro atoms. The number of carbonyl (C=O) groups excluding carboxylic acids is 1. The zero-order valence-electron chi connectivity index (χ0n) is 15.1. The standard InChI is InChI=1S/C20H23N3O2/c1-14(13-16-8-10-17(25-4)11-9-16)22(3)20(24)19-18-7-5-6-12-23(18)15(2)21-19/h5-12,14H,13H2,1-4H3/t14-/m0/s1. The Morgan fingerprint density at radius 3 is 2.64 bits per heavy atom. The van der Waals surface area contributed by atoms with E-state index in [0.29, 0.717) is 5.69 Å². The number of ether oxygens (including phenoxy) is 1. The van der Waals surface area contributed by atoms with E-state index in [4.69, 9.17) is 4.74 Å². The fourth-order valence-electron chi connectivity index (χ4n) is 2.96. The van der Waals surface area contributed by atoms with Gasteiger partial charge >= 0.3 is 0 Å². The molecule has 5 nitrogen and oxygen atoms in total. The maximum absolute atomic E-state index is 12.9. The molecule has 3 aromatic rings. The summed E-state index contributed by atoms with van der Waals surface area (Å²) in [6.45, 7) is 3.96. The zero-order chi connectivity index (χ0) is 18.0. The quantitative estimate of drug-likeness (QED) is 0.717. The molecular weight excluding hydrogens is 314 g/mol. The summed E-state index contributed by atoms with van der Waals surface area (Å²) in [4.78, 5) is 19.2. The van der Waals surface area contributed by atoms with Crippen LogP contribution >= 0.6 is 0 Å². The lowest BCUT2D eigenvalue weighted by Crippen LogP contribution is -2.36. The summed E-state index contributed by atoms with van der Waals surface area (Å²) in [6.07, 6.45) is 2.70. The van der Waals surface area contributed by atoms with Crippen molar-refractivity contribution in [2.24, 2.45) is 0 Å². The molecular formula is C20H23N3O2. The minimum atomic E-state index is -0.0576. The topological polar surface area (TPSA) is 46.8 Å². The highest BCUT2D eigenvalue weighted by molar-refractivity contribution is 5.99. The molecule has 3 rings (SSSR count). The molecule has 25 heavy (non-hydrogen) atoms. The molecule has 0 unspecified atom stereocenters. The van der Waals surface area contributed by atoms with Crippen LogP contribution in [-0.4, -0.2) is 40.4 Å². The lowest BCUT2D eigenvalue weighted by Gasteiger charge is -2.24. The third-order valence-corrected chi connectivity index (χ3v) is 4.60. The Labute approximate surface area is 147 Å². The monoisotopic (exact) mass is 337 g/mol. The SMILES string of the molecule is COc1ccc(C[C@H](C)N(C)C(=O)c2nc(C)n3ccccc23)cc1. The molecule has 130 valence electrons. The second-order valence-corrected chi connectivity index (χ2v) is 6.28. The molecule has 0 aliphatic rings. The summed E-state index contributed by atoms with van der Waals surface area (Å²) in [5.41, 5.74) is 2.51. The van der Waals surface area contributed by atoms with Gasteiger partial charge in [0.1, 0.15) is 11.6 Å². The maximum Gasteiger partial charge on any atom is 0.274 e. The van der Waals surface area contributed by atoms with Gasteiger partial charge in [-0.2, -0.15) is 0 Å². The van der Waals surface area contributed by atoms with Crippen LogP contribution in [0.5, 0.6) is 5.75 Å². The van der Waals surface area contributed by atoms with Crippen molar-refractivity contribution in [2.75, 3.05) is 14.2 Å². The summed E-state index contributed by atoms with van der Waals surface area (Å²) in [5, 5.41) is 0. The molecule has 0 N–H and O–H groups in total. The predicted molar refractivity (Wildman–Crippen MR) is 98.2 cm³/mol. The van der Waals surface area contributed by atoms with Crippen LogP contribution in [0, 0.1) is 6.92 Å². The van der Waals surface area contributed by atoms with Gasteiger partial charge in [-0.3, -0.25) is 4.79 Å². The smallest absolute Gasteiger partial charge is 0.274 e. The van der Waals surface area contributed by atoms with Crippen LogP contribution in [0.3, 0.4) is 0 Å². The lowest BCUT2D eigenvalue weighted by molar-refractivity contribution is 0.0740. The number of imidazole rings is 1. The fraction of sp³-hybridized carbons (Fsp3) is 0.300. The number of pyridine rings is 1. The Balaban J connectivity index is 1.78. The van der Waals surface area contributed by atoms with Crippen molar-refractivity contribution in [3.05, 3.63) is 65.7 Å². The summed E-state index contributed by atoms with van der Waals surface area (Å²) in [5.74, 6) is 1.59. The Morgan fingerprint density at radius 2 is 1.96 bits per heavy atom. The molecule has 2 aromatic heterocycles. The Morgan fingerprint density at radius 1 is 1.24 bits per heavy atom. The van der Waals surface area contributed by atoms with E-state index in [1.807, 2.05) is 74.0 Å². The second kappa shape index (κ2) is 6.97. The van der Waals surface area contributed by atoms with Crippen molar-refractivity contribution in [3.63, 3.8) is 0 Å². The van der Waals surface area contributed by atoms with E-state index in [2.05, 4.69) is 4.98 Å². The normalized spacial score (nSPS) is 12.2. The Kier molecular flexibility index (Phi) is 4.74. The molecule has 1 aromatic carbocycles. The number of amides is 1. The summed E-state index contributed by atoms with van der Waals surface area (Å²) in [7, 11) is 3.49. The van der Waals surface area contributed by atoms with Crippen molar-refractivity contribution >= 4 is 11.4 Å². The highest BCUT2D eigenvalue weighted by Crippen LogP contribution is 2.18. The van der Waals surface area contributed by atoms with Gasteiger partial charge in [0.25, 0.3) is 5.91 Å². The predicted octanol–water partition coefficient (Wildman–Crippen LogP) is 3.35. The number of rotatable bonds is 5. The van der Waals surface area contributed by atoms with Gasteiger partial charge in [0.05, 0.1) is 12.6 Å². The molecule has 0 aliphatic heterocycles. The van der Waals surface area contributed by atoms with Crippen LogP contribution in [0.15, 0.2) is 48.7 Å². The van der Waals surface area contributed by atoms with Gasteiger partial charge in [-0.25, -0.2) is 4.98 Å². The third-order valence-electron chi connectivity index (χ3n) is 4.60. The largest absolute Gasteiger partial charge is 0.497 e. The number of hydrogen-bond acceptors (Lipinski definition) is 3. The Bertz CT molecular complexity index is 884. The van der Waals surface area contributed by atoms with E-state index in [-0.39, 0.29) is 11.9 Å². The summed E-state index contributed by atoms with van der Waals surface area (Å²) < 4.78 is 7.13. The number of aromatic nitrogens is 2. The van der Waals surface area contributed by atoms with Gasteiger partial charge in [0.15, 0.2) is 5.69 Å². The van der Waals surface area contributed by atoms with Gasteiger partial charge in [0.2, 0.25) is 0 Å². The first-order valence-corrected chi connectivity index (χ1v) is 8.35. The van der Waals surface area contributed by atoms with E-state index in [9.17, 15) is 4.79 Å². The number of likely N-dealkylation sites (N-methyl/N-ethyl adjacent to an activating group) is 1. The molecule has 0 aliphatic carbocycles. The van der Waals surface area contributed by atoms with Crippen molar-refractivity contribution < 1.29 is 9.53 Å². The van der Waals surface area contributed by atoms with E-state index in [0.717, 1.165) is 23.5 Å². The lowest BCUT2D eigenvalue weighted by atomic mass is 10.1. The average molecular weight is 337 g/mol. The van der Waals surface area contributed by atoms with Crippen molar-refractivity contribution in [3.8, 4) is 5.75 Å². The third kappa shape index (κ3) is 3.36. The first kappa shape index (κ1) is 17.0. The molecule has 1 atom stereocenters. The van der Waals surface area contributed by atoms with Crippen molar-refractivity contribution in [2.45, 2.75) is 26.3 Å². The van der Waals surface area contributed by atoms with Crippen LogP contribution in [0.25, 0.3) is 5.52 Å². The fourth-order valence-corrected chi connectivity index (χ4v) is 2.96. The molecule has 0 bridgehead atoms. The molecule has 0 fully saturated rings. The number of methoxy groups -OCH3 is 1. The number of benzene rings is 1. The first-order valence-electron chi connectivity index (χ1n) is 8.35. The van der Waals surface area contributed by atoms with Gasteiger partial charge in [0, 0.05) is 19.3 Å². The molecule has 0 saturated carbocycles. The van der Waals surface area contributed by atoms with Crippen LogP contribution in [0.1, 0.15) is 28.8 Å². The van der Waals surface area contributed by atoms with Crippen molar-refractivity contribution in [1.29, 1.82) is 0 Å². The van der Waals surface area contributed by atoms with E-state index >= 15 is 0 Å². The number of fused-ring (bicyclic) bond motifs is 1. The molecule has 0 radical (unpaired) electrons. The molecule has 2 heterocycles. The van der Waals surface area contributed by atoms with Crippen LogP contribution in [0.4, 0.5) is 0 Å². The van der Waals surface area contributed by atoms with Gasteiger partial charge < -0.3 is 14.0 Å². The summed E-state index contributed by atoms with van der Waals surface area (Å²) >= 11 is 0. The van der Waals surface area contributed by atoms with Gasteiger partial charge in [-0.15, -0.1) is 0 Å². The van der Waals surface area contributed by atoms with Gasteiger partial charge in [-0.1, -0.05) is 18.2 Å². The number of aryl methyl sites for hydroxylation is 1. The minimum Gasteiger partial charge on any atom is -0.497 e. The molecule has 5 heteroatoms. The average Bonchev–Trinajstić information content (AvgIpc) is 2.98. The van der Waals surface area contributed by atoms with E-state index in [1.165, 1.54) is 5.56 Å². The highest BCUT2D eigenvalue weighted by Gasteiger charge is 2.22. The van der Waals surface area contributed by atoms with Crippen molar-refractivity contribution in [1.82, 2.24) is 14.3 Å². The molecule has 0 saturated heterocycles. The minimum absolute atomic E-state index is 0.0571.